The molecule has 2 aromatic carbocycles. The molecule has 5 aromatic rings. The first-order chi connectivity index (χ1) is 16.6. The third-order valence-electron chi connectivity index (χ3n) is 5.73. The van der Waals surface area contributed by atoms with Gasteiger partial charge in [-0.2, -0.15) is 18.3 Å². The van der Waals surface area contributed by atoms with E-state index < -0.39 is 12.7 Å². The number of rotatable bonds is 4. The lowest BCUT2D eigenvalue weighted by atomic mass is 10.0. The second-order valence-electron chi connectivity index (χ2n) is 8.06. The van der Waals surface area contributed by atoms with Crippen LogP contribution in [0.5, 0.6) is 0 Å². The summed E-state index contributed by atoms with van der Waals surface area (Å²) in [6, 6.07) is 12.1. The molecule has 0 spiro atoms. The third kappa shape index (κ3) is 4.32. The summed E-state index contributed by atoms with van der Waals surface area (Å²) in [4.78, 5) is 22.0. The lowest BCUT2D eigenvalue weighted by molar-refractivity contribution is -0.115. The first kappa shape index (κ1) is 22.9. The first-order valence-corrected chi connectivity index (χ1v) is 10.9. The summed E-state index contributed by atoms with van der Waals surface area (Å²) < 4.78 is 41.3. The highest BCUT2D eigenvalue weighted by atomic mass is 35.5. The number of nitrogens with one attached hydrogen (secondary N) is 1. The van der Waals surface area contributed by atoms with E-state index in [2.05, 4.69) is 20.4 Å². The summed E-state index contributed by atoms with van der Waals surface area (Å²) in [5, 5.41) is 8.48. The highest BCUT2D eigenvalue weighted by Gasteiger charge is 2.27. The summed E-state index contributed by atoms with van der Waals surface area (Å²) in [7, 11) is 1.84. The normalized spacial score (nSPS) is 11.9. The number of anilines is 1. The fourth-order valence-corrected chi connectivity index (χ4v) is 4.03. The van der Waals surface area contributed by atoms with Gasteiger partial charge in [-0.25, -0.2) is 9.97 Å². The maximum Gasteiger partial charge on any atom is 0.405 e. The number of hydrogen-bond acceptors (Lipinski definition) is 5. The Morgan fingerprint density at radius 2 is 1.86 bits per heavy atom. The molecule has 178 valence electrons. The molecule has 0 radical (unpaired) electrons. The van der Waals surface area contributed by atoms with Crippen molar-refractivity contribution >= 4 is 39.4 Å². The number of aromatic nitrogens is 5. The lowest BCUT2D eigenvalue weighted by Crippen LogP contribution is -2.23. The van der Waals surface area contributed by atoms with Crippen LogP contribution in [0.1, 0.15) is 5.69 Å². The Morgan fingerprint density at radius 1 is 1.11 bits per heavy atom. The maximum absolute atomic E-state index is 13.8. The van der Waals surface area contributed by atoms with Crippen molar-refractivity contribution in [3.05, 3.63) is 75.9 Å². The molecule has 0 fully saturated rings. The van der Waals surface area contributed by atoms with Crippen molar-refractivity contribution in [2.24, 2.45) is 7.05 Å². The van der Waals surface area contributed by atoms with Crippen molar-refractivity contribution in [3.63, 3.8) is 0 Å². The van der Waals surface area contributed by atoms with E-state index in [4.69, 9.17) is 11.6 Å². The van der Waals surface area contributed by atoms with Crippen LogP contribution >= 0.6 is 11.6 Å². The van der Waals surface area contributed by atoms with Gasteiger partial charge < -0.3 is 5.32 Å². The number of alkyl halides is 3. The number of benzene rings is 2. The number of aryl methyl sites for hydroxylation is 2. The number of pyridine rings is 1. The topological polar surface area (TPSA) is 77.6 Å². The van der Waals surface area contributed by atoms with Gasteiger partial charge in [0, 0.05) is 46.6 Å². The van der Waals surface area contributed by atoms with E-state index in [1.54, 1.807) is 41.2 Å². The molecule has 0 aliphatic rings. The monoisotopic (exact) mass is 498 g/mol. The fourth-order valence-electron chi connectivity index (χ4n) is 3.90. The van der Waals surface area contributed by atoms with Crippen LogP contribution in [0.2, 0.25) is 5.02 Å². The maximum atomic E-state index is 13.8. The number of hydrogen-bond donors (Lipinski definition) is 1. The Balaban J connectivity index is 1.74. The van der Waals surface area contributed by atoms with Crippen molar-refractivity contribution in [2.75, 3.05) is 11.9 Å². The van der Waals surface area contributed by atoms with E-state index in [1.165, 1.54) is 10.8 Å². The number of halogens is 4. The third-order valence-corrected chi connectivity index (χ3v) is 5.98. The molecule has 0 aliphatic carbocycles. The highest BCUT2D eigenvalue weighted by molar-refractivity contribution is 6.30. The second-order valence-corrected chi connectivity index (χ2v) is 8.50. The molecule has 0 saturated carbocycles. The van der Waals surface area contributed by atoms with E-state index in [9.17, 15) is 18.0 Å². The summed E-state index contributed by atoms with van der Waals surface area (Å²) in [5.41, 5.74) is 2.93. The summed E-state index contributed by atoms with van der Waals surface area (Å²) >= 11 is 6.03. The Hall–Kier alpha value is -3.92. The lowest BCUT2D eigenvalue weighted by Gasteiger charge is -2.14. The zero-order valence-electron chi connectivity index (χ0n) is 18.6. The van der Waals surface area contributed by atoms with Gasteiger partial charge in [0.25, 0.3) is 5.56 Å². The molecule has 0 bridgehead atoms. The minimum atomic E-state index is -4.44. The molecule has 0 saturated heterocycles. The minimum absolute atomic E-state index is 0.222. The van der Waals surface area contributed by atoms with Gasteiger partial charge in [0.15, 0.2) is 0 Å². The van der Waals surface area contributed by atoms with Gasteiger partial charge >= 0.3 is 6.18 Å². The predicted molar refractivity (Wildman–Crippen MR) is 129 cm³/mol. The average molecular weight is 499 g/mol. The Kier molecular flexibility index (Phi) is 5.47. The Bertz CT molecular complexity index is 1640. The molecule has 11 heteroatoms. The molecule has 7 nitrogen and oxygen atoms in total. The highest BCUT2D eigenvalue weighted by Crippen LogP contribution is 2.28. The van der Waals surface area contributed by atoms with Crippen molar-refractivity contribution in [3.8, 4) is 16.8 Å². The van der Waals surface area contributed by atoms with Crippen molar-refractivity contribution < 1.29 is 13.2 Å². The molecule has 35 heavy (non-hydrogen) atoms. The number of fused-ring (bicyclic) bond motifs is 2. The standard InChI is InChI=1S/C24H18ClF3N6O/c1-13-18-9-17(7-8-19(18)32-33(13)2)34-11-15-10-29-23(30-12-24(26,27)28)31-21(15)20(22(34)35)14-3-5-16(25)6-4-14/h3-11H,12H2,1-2H3,(H,30,31). The molecular weight excluding hydrogens is 481 g/mol. The van der Waals surface area contributed by atoms with Gasteiger partial charge in [0.05, 0.1) is 16.6 Å². The largest absolute Gasteiger partial charge is 0.405 e. The molecule has 0 unspecified atom stereocenters. The Labute approximate surface area is 201 Å². The van der Waals surface area contributed by atoms with Crippen LogP contribution in [0.3, 0.4) is 0 Å². The molecular formula is C24H18ClF3N6O. The van der Waals surface area contributed by atoms with Crippen molar-refractivity contribution in [1.82, 2.24) is 24.3 Å². The zero-order chi connectivity index (χ0) is 24.9. The van der Waals surface area contributed by atoms with E-state index in [0.717, 1.165) is 16.6 Å². The molecule has 1 N–H and O–H groups in total. The van der Waals surface area contributed by atoms with Crippen LogP contribution in [-0.2, 0) is 7.05 Å². The molecule has 0 atom stereocenters. The van der Waals surface area contributed by atoms with E-state index in [-0.39, 0.29) is 22.6 Å². The quantitative estimate of drug-likeness (QED) is 0.365. The van der Waals surface area contributed by atoms with Crippen LogP contribution in [0.25, 0.3) is 38.6 Å². The van der Waals surface area contributed by atoms with Crippen LogP contribution < -0.4 is 10.9 Å². The van der Waals surface area contributed by atoms with Gasteiger partial charge in [-0.05, 0) is 42.8 Å². The van der Waals surface area contributed by atoms with Gasteiger partial charge in [-0.15, -0.1) is 0 Å². The molecule has 0 aliphatic heterocycles. The molecule has 3 aromatic heterocycles. The van der Waals surface area contributed by atoms with Gasteiger partial charge in [-0.1, -0.05) is 23.7 Å². The van der Waals surface area contributed by atoms with Crippen molar-refractivity contribution in [2.45, 2.75) is 13.1 Å². The first-order valence-electron chi connectivity index (χ1n) is 10.5. The van der Waals surface area contributed by atoms with E-state index >= 15 is 0 Å². The zero-order valence-corrected chi connectivity index (χ0v) is 19.3. The van der Waals surface area contributed by atoms with Crippen LogP contribution in [0.15, 0.2) is 59.7 Å². The summed E-state index contributed by atoms with van der Waals surface area (Å²) in [5.74, 6) is -0.227. The molecule has 5 rings (SSSR count). The molecule has 0 amide bonds. The van der Waals surface area contributed by atoms with Gasteiger partial charge in [0.1, 0.15) is 6.54 Å². The summed E-state index contributed by atoms with van der Waals surface area (Å²) in [6.45, 7) is 0.640. The summed E-state index contributed by atoms with van der Waals surface area (Å²) in [6.07, 6.45) is -1.47. The van der Waals surface area contributed by atoms with Crippen LogP contribution in [0, 0.1) is 6.92 Å². The average Bonchev–Trinajstić information content (AvgIpc) is 3.10. The SMILES string of the molecule is Cc1c2cc(-n3cc4cnc(NCC(F)(F)F)nc4c(-c4ccc(Cl)cc4)c3=O)ccc2nn1C. The van der Waals surface area contributed by atoms with Gasteiger partial charge in [-0.3, -0.25) is 14.0 Å². The predicted octanol–water partition coefficient (Wildman–Crippen LogP) is 5.27. The van der Waals surface area contributed by atoms with E-state index in [0.29, 0.717) is 21.7 Å². The fraction of sp³-hybridized carbons (Fsp3) is 0.167. The smallest absolute Gasteiger partial charge is 0.345 e. The van der Waals surface area contributed by atoms with E-state index in [1.807, 2.05) is 26.1 Å². The van der Waals surface area contributed by atoms with Crippen molar-refractivity contribution in [1.29, 1.82) is 0 Å². The van der Waals surface area contributed by atoms with Gasteiger partial charge in [0.2, 0.25) is 5.95 Å². The van der Waals surface area contributed by atoms with Crippen LogP contribution in [-0.4, -0.2) is 37.0 Å². The minimum Gasteiger partial charge on any atom is -0.345 e. The molecule has 3 heterocycles. The second kappa shape index (κ2) is 8.38. The Morgan fingerprint density at radius 3 is 2.57 bits per heavy atom. The van der Waals surface area contributed by atoms with Crippen LogP contribution in [0.4, 0.5) is 19.1 Å². The number of nitrogens with zero attached hydrogens (tertiary/aromatic N) is 5.